The molecule has 2 N–H and O–H groups in total. The molecule has 2 fully saturated rings. The van der Waals surface area contributed by atoms with Crippen LogP contribution in [0.3, 0.4) is 0 Å². The van der Waals surface area contributed by atoms with Gasteiger partial charge in [-0.15, -0.1) is 0 Å². The molecular formula is C18H20ClFN4O4S2. The van der Waals surface area contributed by atoms with E-state index in [4.69, 9.17) is 16.3 Å². The Kier molecular flexibility index (Phi) is 6.14. The summed E-state index contributed by atoms with van der Waals surface area (Å²) < 4.78 is 41.3. The largest absolute Gasteiger partial charge is 0.418 e. The van der Waals surface area contributed by atoms with Crippen LogP contribution in [0.15, 0.2) is 28.4 Å². The van der Waals surface area contributed by atoms with Gasteiger partial charge in [0.2, 0.25) is 9.26 Å². The zero-order valence-electron chi connectivity index (χ0n) is 15.9. The van der Waals surface area contributed by atoms with Crippen LogP contribution in [0.4, 0.5) is 14.9 Å². The van der Waals surface area contributed by atoms with Crippen molar-refractivity contribution in [3.63, 3.8) is 0 Å². The van der Waals surface area contributed by atoms with Crippen LogP contribution in [0.5, 0.6) is 5.75 Å². The van der Waals surface area contributed by atoms with Crippen molar-refractivity contribution in [2.45, 2.75) is 31.2 Å². The number of halogens is 2. The maximum Gasteiger partial charge on any atom is 0.418 e. The lowest BCUT2D eigenvalue weighted by atomic mass is 9.94. The van der Waals surface area contributed by atoms with E-state index in [2.05, 4.69) is 20.5 Å². The molecule has 2 saturated heterocycles. The van der Waals surface area contributed by atoms with Crippen LogP contribution in [0.1, 0.15) is 25.7 Å². The molecule has 0 aromatic heterocycles. The van der Waals surface area contributed by atoms with Gasteiger partial charge in [-0.2, -0.15) is 8.42 Å². The minimum atomic E-state index is -2.36. The lowest BCUT2D eigenvalue weighted by Gasteiger charge is -2.32. The molecule has 4 rings (SSSR count). The highest BCUT2D eigenvalue weighted by Crippen LogP contribution is 2.39. The van der Waals surface area contributed by atoms with Crippen LogP contribution < -0.4 is 15.4 Å². The molecule has 30 heavy (non-hydrogen) atoms. The fourth-order valence-electron chi connectivity index (χ4n) is 4.16. The first kappa shape index (κ1) is 21.3. The van der Waals surface area contributed by atoms with E-state index in [1.807, 2.05) is 0 Å². The van der Waals surface area contributed by atoms with Crippen molar-refractivity contribution in [1.29, 1.82) is 0 Å². The van der Waals surface area contributed by atoms with Crippen molar-refractivity contribution in [3.8, 4) is 5.75 Å². The normalized spacial score (nSPS) is 21.9. The van der Waals surface area contributed by atoms with E-state index in [-0.39, 0.29) is 22.1 Å². The van der Waals surface area contributed by atoms with Gasteiger partial charge in [0, 0.05) is 39.1 Å². The first-order valence-corrected chi connectivity index (χ1v) is 12.7. The van der Waals surface area contributed by atoms with Crippen LogP contribution in [0.25, 0.3) is 0 Å². The molecule has 1 amide bonds. The molecule has 3 aliphatic heterocycles. The van der Waals surface area contributed by atoms with E-state index in [1.165, 1.54) is 23.1 Å². The third kappa shape index (κ3) is 4.39. The molecule has 1 aromatic rings. The highest BCUT2D eigenvalue weighted by atomic mass is 35.5. The maximum absolute atomic E-state index is 14.5. The van der Waals surface area contributed by atoms with Gasteiger partial charge in [-0.05, 0) is 38.8 Å². The van der Waals surface area contributed by atoms with Crippen molar-refractivity contribution in [1.82, 2.24) is 10.2 Å². The summed E-state index contributed by atoms with van der Waals surface area (Å²) in [6, 6.07) is 2.45. The third-order valence-electron chi connectivity index (χ3n) is 5.55. The molecule has 0 radical (unpaired) electrons. The Bertz CT molecular complexity index is 1070. The van der Waals surface area contributed by atoms with Crippen LogP contribution >= 0.6 is 11.6 Å². The zero-order valence-corrected chi connectivity index (χ0v) is 18.2. The summed E-state index contributed by atoms with van der Waals surface area (Å²) in [5, 5.41) is 7.02. The standard InChI is InChI=1S/C18H20ClFN4O4S2/c19-12-7-15(28-17(25)23-16-9-29(11-22-16)30(26)27)13(20)8-14(12)21-10-18-3-1-5-24(18)6-2-4-18/h7-9,11,21H,1-6,10H2,(H,23,25). The van der Waals surface area contributed by atoms with Gasteiger partial charge in [0.15, 0.2) is 11.6 Å². The number of amides is 1. The fourth-order valence-corrected chi connectivity index (χ4v) is 6.00. The van der Waals surface area contributed by atoms with Gasteiger partial charge in [-0.1, -0.05) is 11.6 Å². The molecule has 0 bridgehead atoms. The quantitative estimate of drug-likeness (QED) is 0.680. The Morgan fingerprint density at radius 3 is 2.73 bits per heavy atom. The molecule has 0 aliphatic carbocycles. The number of aliphatic imine (C=N–C) groups is 1. The molecule has 1 atom stereocenters. The van der Waals surface area contributed by atoms with Crippen molar-refractivity contribution >= 4 is 47.6 Å². The van der Waals surface area contributed by atoms with Gasteiger partial charge >= 0.3 is 6.09 Å². The number of carbonyl (C=O) groups is 1. The Morgan fingerprint density at radius 2 is 2.07 bits per heavy atom. The summed E-state index contributed by atoms with van der Waals surface area (Å²) >= 11 is 6.28. The number of hydrogen-bond donors (Lipinski definition) is 2. The summed E-state index contributed by atoms with van der Waals surface area (Å²) in [6.07, 6.45) is 3.56. The van der Waals surface area contributed by atoms with Gasteiger partial charge in [0.1, 0.15) is 5.82 Å². The molecule has 12 heteroatoms. The van der Waals surface area contributed by atoms with Gasteiger partial charge < -0.3 is 10.1 Å². The van der Waals surface area contributed by atoms with Crippen molar-refractivity contribution < 1.29 is 22.3 Å². The Hall–Kier alpha value is -1.95. The number of hydrogen-bond acceptors (Lipinski definition) is 7. The predicted octanol–water partition coefficient (Wildman–Crippen LogP) is 2.86. The van der Waals surface area contributed by atoms with Crippen LogP contribution in [0, 0.1) is 5.82 Å². The molecule has 0 saturated carbocycles. The number of nitrogens with one attached hydrogen (secondary N) is 2. The van der Waals surface area contributed by atoms with Crippen molar-refractivity contribution in [3.05, 3.63) is 34.2 Å². The number of nitrogens with zero attached hydrogens (tertiary/aromatic N) is 2. The van der Waals surface area contributed by atoms with Crippen LogP contribution in [-0.4, -0.2) is 50.1 Å². The topological polar surface area (TPSA) is 100 Å². The average Bonchev–Trinajstić information content (AvgIpc) is 3.38. The fraction of sp³-hybridized carbons (Fsp3) is 0.444. The number of rotatable bonds is 5. The van der Waals surface area contributed by atoms with E-state index in [1.54, 1.807) is 0 Å². The summed E-state index contributed by atoms with van der Waals surface area (Å²) in [4.78, 5) is 18.2. The van der Waals surface area contributed by atoms with Crippen molar-refractivity contribution in [2.24, 2.45) is 4.99 Å². The second-order valence-electron chi connectivity index (χ2n) is 7.32. The molecule has 8 nitrogen and oxygen atoms in total. The molecule has 1 unspecified atom stereocenters. The van der Waals surface area contributed by atoms with Gasteiger partial charge in [-0.25, -0.2) is 14.2 Å². The molecule has 1 aromatic carbocycles. The second kappa shape index (κ2) is 8.66. The first-order chi connectivity index (χ1) is 14.4. The second-order valence-corrected chi connectivity index (χ2v) is 11.2. The lowest BCUT2D eigenvalue weighted by molar-refractivity contribution is 0.201. The summed E-state index contributed by atoms with van der Waals surface area (Å²) in [5.74, 6) is -1.05. The summed E-state index contributed by atoms with van der Waals surface area (Å²) in [7, 11) is -3.56. The summed E-state index contributed by atoms with van der Waals surface area (Å²) in [5.41, 5.74) is 1.74. The van der Waals surface area contributed by atoms with E-state index >= 15 is 0 Å². The van der Waals surface area contributed by atoms with Crippen LogP contribution in [0.2, 0.25) is 5.02 Å². The lowest BCUT2D eigenvalue weighted by Crippen LogP contribution is -2.44. The molecule has 3 aliphatic rings. The number of carbonyl (C=O) groups excluding carboxylic acids is 1. The predicted molar refractivity (Wildman–Crippen MR) is 115 cm³/mol. The highest BCUT2D eigenvalue weighted by molar-refractivity contribution is 8.42. The van der Waals surface area contributed by atoms with Crippen molar-refractivity contribution in [2.75, 3.05) is 25.0 Å². The van der Waals surface area contributed by atoms with E-state index in [0.717, 1.165) is 38.8 Å². The Balaban J connectivity index is 1.40. The molecule has 0 spiro atoms. The minimum Gasteiger partial charge on any atom is -0.407 e. The SMILES string of the molecule is O=C(NC1=CS(=S(=O)=O)C=N1)Oc1cc(Cl)c(NCC23CCCN2CCC3)cc1F. The highest BCUT2D eigenvalue weighted by Gasteiger charge is 2.43. The van der Waals surface area contributed by atoms with Gasteiger partial charge in [0.05, 0.1) is 16.3 Å². The van der Waals surface area contributed by atoms with Gasteiger partial charge in [-0.3, -0.25) is 10.2 Å². The smallest absolute Gasteiger partial charge is 0.407 e. The number of anilines is 1. The Labute approximate surface area is 181 Å². The number of fused-ring (bicyclic) bond motifs is 1. The molecular weight excluding hydrogens is 455 g/mol. The first-order valence-electron chi connectivity index (χ1n) is 9.41. The summed E-state index contributed by atoms with van der Waals surface area (Å²) in [6.45, 7) is 2.87. The third-order valence-corrected chi connectivity index (χ3v) is 8.44. The Morgan fingerprint density at radius 1 is 1.33 bits per heavy atom. The molecule has 3 heterocycles. The maximum atomic E-state index is 14.5. The van der Waals surface area contributed by atoms with E-state index < -0.39 is 30.6 Å². The average molecular weight is 475 g/mol. The number of benzene rings is 1. The minimum absolute atomic E-state index is 0.0225. The van der Waals surface area contributed by atoms with Gasteiger partial charge in [0.25, 0.3) is 0 Å². The van der Waals surface area contributed by atoms with E-state index in [9.17, 15) is 17.6 Å². The van der Waals surface area contributed by atoms with E-state index in [0.29, 0.717) is 12.2 Å². The molecule has 162 valence electrons. The number of ether oxygens (including phenoxy) is 1. The monoisotopic (exact) mass is 474 g/mol. The van der Waals surface area contributed by atoms with Crippen LogP contribution in [-0.2, 0) is 18.7 Å². The zero-order chi connectivity index (χ0) is 21.3.